The van der Waals surface area contributed by atoms with E-state index >= 15 is 0 Å². The Kier molecular flexibility index (Phi) is 6.70. The van der Waals surface area contributed by atoms with Crippen molar-refractivity contribution in [2.75, 3.05) is 12.1 Å². The second-order valence-corrected chi connectivity index (χ2v) is 12.7. The molecule has 4 aliphatic heterocycles. The summed E-state index contributed by atoms with van der Waals surface area (Å²) in [6, 6.07) is 11.4. The van der Waals surface area contributed by atoms with Gasteiger partial charge in [0.2, 0.25) is 24.5 Å². The van der Waals surface area contributed by atoms with Crippen LogP contribution in [0.5, 0.6) is 11.5 Å². The normalized spacial score (nSPS) is 34.0. The summed E-state index contributed by atoms with van der Waals surface area (Å²) in [5.74, 6) is -0.490. The molecular weight excluding hydrogens is 558 g/mol. The van der Waals surface area contributed by atoms with Crippen molar-refractivity contribution in [3.05, 3.63) is 65.2 Å². The molecule has 2 bridgehead atoms. The molecule has 6 unspecified atom stereocenters. The number of amides is 3. The molecule has 3 fully saturated rings. The predicted octanol–water partition coefficient (Wildman–Crippen LogP) is 4.30. The minimum Gasteiger partial charge on any atom is -0.454 e. The fourth-order valence-electron chi connectivity index (χ4n) is 7.51. The molecule has 1 spiro atoms. The van der Waals surface area contributed by atoms with Crippen molar-refractivity contribution in [2.45, 2.75) is 63.4 Å². The average molecular weight is 592 g/mol. The highest BCUT2D eigenvalue weighted by Crippen LogP contribution is 2.55. The Morgan fingerprint density at radius 3 is 2.74 bits per heavy atom. The van der Waals surface area contributed by atoms with Gasteiger partial charge in [0.1, 0.15) is 11.6 Å². The lowest BCUT2D eigenvalue weighted by Gasteiger charge is -2.38. The molecule has 42 heavy (non-hydrogen) atoms. The van der Waals surface area contributed by atoms with Gasteiger partial charge in [-0.15, -0.1) is 0 Å². The van der Waals surface area contributed by atoms with E-state index in [0.717, 1.165) is 24.8 Å². The summed E-state index contributed by atoms with van der Waals surface area (Å²) >= 11 is 6.14. The van der Waals surface area contributed by atoms with Gasteiger partial charge < -0.3 is 29.7 Å². The van der Waals surface area contributed by atoms with Gasteiger partial charge in [0, 0.05) is 23.3 Å². The molecule has 5 aliphatic rings. The van der Waals surface area contributed by atoms with E-state index < -0.39 is 29.6 Å². The first-order valence-corrected chi connectivity index (χ1v) is 15.1. The molecule has 0 radical (unpaired) electrons. The van der Waals surface area contributed by atoms with Gasteiger partial charge in [0.25, 0.3) is 0 Å². The fraction of sp³-hybridized carbons (Fsp3) is 0.469. The second kappa shape index (κ2) is 10.3. The Bertz CT molecular complexity index is 1480. The standard InChI is InChI=1S/C32H34ClN3O6/c1-17-5-3-8-22(18(17)2)35-30(38)28-32-12-11-24(42-32)26(29(37)34-21-7-4-6-20(33)14-21)27(32)31(39)36(28)15-19-9-10-23-25(13-19)41-16-40-23/h4,6-7,9-14,17-18,22,24,26-28H,3,5,8,15-16H2,1-2H3,(H,34,37)(H,35,38)/t17?,18?,22?,24-,26?,27-,28?,32?/m0/s1. The zero-order valence-corrected chi connectivity index (χ0v) is 24.3. The van der Waals surface area contributed by atoms with Gasteiger partial charge in [0.15, 0.2) is 11.5 Å². The van der Waals surface area contributed by atoms with E-state index in [1.54, 1.807) is 35.2 Å². The molecule has 8 atom stereocenters. The van der Waals surface area contributed by atoms with E-state index in [0.29, 0.717) is 34.0 Å². The third kappa shape index (κ3) is 4.36. The first-order valence-electron chi connectivity index (χ1n) is 14.7. The number of rotatable bonds is 6. The molecule has 2 aromatic carbocycles. The zero-order valence-electron chi connectivity index (χ0n) is 23.5. The van der Waals surface area contributed by atoms with E-state index in [2.05, 4.69) is 24.5 Å². The van der Waals surface area contributed by atoms with Crippen LogP contribution < -0.4 is 20.1 Å². The molecular formula is C32H34ClN3O6. The highest BCUT2D eigenvalue weighted by Gasteiger charge is 2.72. The Labute approximate surface area is 249 Å². The fourth-order valence-corrected chi connectivity index (χ4v) is 7.70. The van der Waals surface area contributed by atoms with Crippen molar-refractivity contribution in [3.63, 3.8) is 0 Å². The number of anilines is 1. The third-order valence-corrected chi connectivity index (χ3v) is 10.1. The van der Waals surface area contributed by atoms with Crippen LogP contribution in [0.2, 0.25) is 5.02 Å². The summed E-state index contributed by atoms with van der Waals surface area (Å²) in [4.78, 5) is 43.9. The molecule has 2 N–H and O–H groups in total. The van der Waals surface area contributed by atoms with Crippen LogP contribution in [0.4, 0.5) is 5.69 Å². The van der Waals surface area contributed by atoms with Crippen LogP contribution in [0.3, 0.4) is 0 Å². The largest absolute Gasteiger partial charge is 0.454 e. The van der Waals surface area contributed by atoms with Crippen LogP contribution in [-0.2, 0) is 25.7 Å². The SMILES string of the molecule is CC1CCCC(NC(=O)C2N(Cc3ccc4c(c3)OCO4)C(=O)[C@@H]3C(C(=O)Nc4cccc(Cl)c4)[C@@H]4C=CC23O4)C1C. The number of halogens is 1. The number of likely N-dealkylation sites (tertiary alicyclic amines) is 1. The van der Waals surface area contributed by atoms with Gasteiger partial charge in [0.05, 0.1) is 17.9 Å². The molecule has 0 aromatic heterocycles. The van der Waals surface area contributed by atoms with E-state index in [-0.39, 0.29) is 37.1 Å². The summed E-state index contributed by atoms with van der Waals surface area (Å²) in [7, 11) is 0. The average Bonchev–Trinajstić information content (AvgIpc) is 3.72. The highest BCUT2D eigenvalue weighted by atomic mass is 35.5. The summed E-state index contributed by atoms with van der Waals surface area (Å²) in [6.07, 6.45) is 6.10. The van der Waals surface area contributed by atoms with Crippen LogP contribution in [0.1, 0.15) is 38.7 Å². The lowest BCUT2D eigenvalue weighted by Crippen LogP contribution is -2.57. The minimum atomic E-state index is -1.25. The number of nitrogens with zero attached hydrogens (tertiary/aromatic N) is 1. The number of hydrogen-bond donors (Lipinski definition) is 2. The molecule has 1 saturated carbocycles. The first-order chi connectivity index (χ1) is 20.2. The lowest BCUT2D eigenvalue weighted by atomic mass is 9.73. The first kappa shape index (κ1) is 27.3. The number of benzene rings is 2. The number of fused-ring (bicyclic) bond motifs is 2. The van der Waals surface area contributed by atoms with Crippen molar-refractivity contribution in [3.8, 4) is 11.5 Å². The topological polar surface area (TPSA) is 106 Å². The smallest absolute Gasteiger partial charge is 0.246 e. The molecule has 4 heterocycles. The molecule has 1 aliphatic carbocycles. The maximum atomic E-state index is 14.3. The predicted molar refractivity (Wildman–Crippen MR) is 155 cm³/mol. The molecule has 7 rings (SSSR count). The summed E-state index contributed by atoms with van der Waals surface area (Å²) in [5.41, 5.74) is 0.0766. The molecule has 2 aromatic rings. The van der Waals surface area contributed by atoms with E-state index in [9.17, 15) is 14.4 Å². The third-order valence-electron chi connectivity index (χ3n) is 9.84. The van der Waals surface area contributed by atoms with Crippen molar-refractivity contribution >= 4 is 35.0 Å². The van der Waals surface area contributed by atoms with Gasteiger partial charge in [-0.25, -0.2) is 0 Å². The van der Waals surface area contributed by atoms with Crippen molar-refractivity contribution in [2.24, 2.45) is 23.7 Å². The second-order valence-electron chi connectivity index (χ2n) is 12.2. The number of carbonyl (C=O) groups is 3. The Morgan fingerprint density at radius 1 is 1.07 bits per heavy atom. The minimum absolute atomic E-state index is 0.00343. The summed E-state index contributed by atoms with van der Waals surface area (Å²) in [5, 5.41) is 6.70. The van der Waals surface area contributed by atoms with E-state index in [4.69, 9.17) is 25.8 Å². The van der Waals surface area contributed by atoms with Crippen LogP contribution in [0.25, 0.3) is 0 Å². The summed E-state index contributed by atoms with van der Waals surface area (Å²) < 4.78 is 17.5. The molecule has 2 saturated heterocycles. The van der Waals surface area contributed by atoms with Gasteiger partial charge in [-0.3, -0.25) is 14.4 Å². The zero-order chi connectivity index (χ0) is 29.2. The van der Waals surface area contributed by atoms with Crippen molar-refractivity contribution < 1.29 is 28.6 Å². The Balaban J connectivity index is 1.22. The van der Waals surface area contributed by atoms with Crippen LogP contribution in [0, 0.1) is 23.7 Å². The Hall–Kier alpha value is -3.56. The van der Waals surface area contributed by atoms with Crippen LogP contribution in [0.15, 0.2) is 54.6 Å². The van der Waals surface area contributed by atoms with Crippen LogP contribution >= 0.6 is 11.6 Å². The van der Waals surface area contributed by atoms with Crippen molar-refractivity contribution in [1.29, 1.82) is 0 Å². The number of hydrogen-bond acceptors (Lipinski definition) is 6. The maximum Gasteiger partial charge on any atom is 0.246 e. The quantitative estimate of drug-likeness (QED) is 0.485. The maximum absolute atomic E-state index is 14.3. The molecule has 10 heteroatoms. The van der Waals surface area contributed by atoms with Crippen molar-refractivity contribution in [1.82, 2.24) is 10.2 Å². The highest BCUT2D eigenvalue weighted by molar-refractivity contribution is 6.30. The molecule has 3 amide bonds. The number of carbonyl (C=O) groups excluding carboxylic acids is 3. The Morgan fingerprint density at radius 2 is 1.90 bits per heavy atom. The van der Waals surface area contributed by atoms with Gasteiger partial charge >= 0.3 is 0 Å². The van der Waals surface area contributed by atoms with E-state index in [1.807, 2.05) is 24.3 Å². The monoisotopic (exact) mass is 591 g/mol. The van der Waals surface area contributed by atoms with Gasteiger partial charge in [-0.1, -0.05) is 62.6 Å². The van der Waals surface area contributed by atoms with E-state index in [1.165, 1.54) is 0 Å². The van der Waals surface area contributed by atoms with Crippen LogP contribution in [-0.4, -0.2) is 53.2 Å². The number of nitrogens with one attached hydrogen (secondary N) is 2. The summed E-state index contributed by atoms with van der Waals surface area (Å²) in [6.45, 7) is 4.69. The van der Waals surface area contributed by atoms with Gasteiger partial charge in [-0.2, -0.15) is 0 Å². The van der Waals surface area contributed by atoms with Gasteiger partial charge in [-0.05, 0) is 54.2 Å². The molecule has 9 nitrogen and oxygen atoms in total. The number of ether oxygens (including phenoxy) is 3. The molecule has 220 valence electrons. The lowest BCUT2D eigenvalue weighted by molar-refractivity contribution is -0.142.